The van der Waals surface area contributed by atoms with Gasteiger partial charge in [-0.05, 0) is 20.3 Å². The van der Waals surface area contributed by atoms with Crippen molar-refractivity contribution in [3.63, 3.8) is 0 Å². The molecular formula is C9H17F3N2O. The standard InChI is InChI=1S/C9H17F3N2O/c1-6(13)3-4-8(15)14-7(2)5-9(10,11)12/h6-7H,3-5,13H2,1-2H3,(H,14,15). The van der Waals surface area contributed by atoms with Crippen molar-refractivity contribution in [2.24, 2.45) is 5.73 Å². The Bertz CT molecular complexity index is 204. The molecule has 0 aromatic carbocycles. The number of hydrogen-bond acceptors (Lipinski definition) is 2. The molecule has 0 rings (SSSR count). The van der Waals surface area contributed by atoms with Crippen molar-refractivity contribution >= 4 is 5.91 Å². The fourth-order valence-corrected chi connectivity index (χ4v) is 1.10. The number of carbonyl (C=O) groups is 1. The van der Waals surface area contributed by atoms with E-state index >= 15 is 0 Å². The lowest BCUT2D eigenvalue weighted by molar-refractivity contribution is -0.141. The van der Waals surface area contributed by atoms with Crippen molar-refractivity contribution < 1.29 is 18.0 Å². The van der Waals surface area contributed by atoms with Crippen molar-refractivity contribution in [1.82, 2.24) is 5.32 Å². The lowest BCUT2D eigenvalue weighted by atomic mass is 10.1. The van der Waals surface area contributed by atoms with E-state index in [4.69, 9.17) is 5.73 Å². The van der Waals surface area contributed by atoms with Gasteiger partial charge in [-0.3, -0.25) is 4.79 Å². The summed E-state index contributed by atoms with van der Waals surface area (Å²) in [5.41, 5.74) is 5.41. The highest BCUT2D eigenvalue weighted by Gasteiger charge is 2.30. The van der Waals surface area contributed by atoms with E-state index in [1.165, 1.54) is 6.92 Å². The van der Waals surface area contributed by atoms with E-state index in [-0.39, 0.29) is 18.4 Å². The molecular weight excluding hydrogens is 209 g/mol. The SMILES string of the molecule is CC(N)CCC(=O)NC(C)CC(F)(F)F. The number of alkyl halides is 3. The summed E-state index contributed by atoms with van der Waals surface area (Å²) in [5, 5.41) is 2.28. The quantitative estimate of drug-likeness (QED) is 0.747. The predicted octanol–water partition coefficient (Wildman–Crippen LogP) is 1.57. The second kappa shape index (κ2) is 5.95. The summed E-state index contributed by atoms with van der Waals surface area (Å²) in [5.74, 6) is -0.385. The maximum atomic E-state index is 11.9. The molecule has 0 aromatic rings. The molecule has 1 amide bonds. The summed E-state index contributed by atoms with van der Waals surface area (Å²) in [7, 11) is 0. The second-order valence-corrected chi connectivity index (χ2v) is 3.80. The van der Waals surface area contributed by atoms with Gasteiger partial charge in [-0.1, -0.05) is 0 Å². The van der Waals surface area contributed by atoms with Crippen LogP contribution in [0.1, 0.15) is 33.1 Å². The molecule has 0 saturated heterocycles. The smallest absolute Gasteiger partial charge is 0.353 e. The zero-order valence-electron chi connectivity index (χ0n) is 8.90. The number of carbonyl (C=O) groups excluding carboxylic acids is 1. The summed E-state index contributed by atoms with van der Waals surface area (Å²) in [4.78, 5) is 11.1. The number of rotatable bonds is 5. The molecule has 2 unspecified atom stereocenters. The van der Waals surface area contributed by atoms with E-state index < -0.39 is 18.6 Å². The molecule has 3 nitrogen and oxygen atoms in total. The number of nitrogens with two attached hydrogens (primary N) is 1. The van der Waals surface area contributed by atoms with Gasteiger partial charge in [-0.25, -0.2) is 0 Å². The highest BCUT2D eigenvalue weighted by Crippen LogP contribution is 2.21. The van der Waals surface area contributed by atoms with Crippen LogP contribution in [0.25, 0.3) is 0 Å². The minimum atomic E-state index is -4.24. The van der Waals surface area contributed by atoms with Crippen LogP contribution in [-0.4, -0.2) is 24.2 Å². The molecule has 0 aliphatic carbocycles. The summed E-state index contributed by atoms with van der Waals surface area (Å²) >= 11 is 0. The van der Waals surface area contributed by atoms with Crippen molar-refractivity contribution in [3.8, 4) is 0 Å². The third kappa shape index (κ3) is 9.52. The van der Waals surface area contributed by atoms with Gasteiger partial charge in [0, 0.05) is 18.5 Å². The molecule has 0 saturated carbocycles. The second-order valence-electron chi connectivity index (χ2n) is 3.80. The molecule has 0 aliphatic heterocycles. The van der Waals surface area contributed by atoms with Crippen LogP contribution in [0.2, 0.25) is 0 Å². The lowest BCUT2D eigenvalue weighted by Gasteiger charge is -2.16. The first-order valence-electron chi connectivity index (χ1n) is 4.82. The minimum Gasteiger partial charge on any atom is -0.353 e. The van der Waals surface area contributed by atoms with E-state index in [0.717, 1.165) is 0 Å². The molecule has 90 valence electrons. The van der Waals surface area contributed by atoms with Gasteiger partial charge >= 0.3 is 6.18 Å². The largest absolute Gasteiger partial charge is 0.391 e. The zero-order chi connectivity index (χ0) is 12.1. The van der Waals surface area contributed by atoms with Gasteiger partial charge in [0.05, 0.1) is 6.42 Å². The maximum Gasteiger partial charge on any atom is 0.391 e. The number of nitrogens with one attached hydrogen (secondary N) is 1. The van der Waals surface area contributed by atoms with Gasteiger partial charge in [0.1, 0.15) is 0 Å². The van der Waals surface area contributed by atoms with Gasteiger partial charge in [-0.2, -0.15) is 13.2 Å². The Hall–Kier alpha value is -0.780. The Morgan fingerprint density at radius 3 is 2.33 bits per heavy atom. The number of halogens is 3. The number of amides is 1. The Morgan fingerprint density at radius 2 is 1.93 bits per heavy atom. The molecule has 0 spiro atoms. The fourth-order valence-electron chi connectivity index (χ4n) is 1.10. The van der Waals surface area contributed by atoms with Gasteiger partial charge in [0.2, 0.25) is 5.91 Å². The predicted molar refractivity (Wildman–Crippen MR) is 51.2 cm³/mol. The first-order chi connectivity index (χ1) is 6.70. The first kappa shape index (κ1) is 14.2. The first-order valence-corrected chi connectivity index (χ1v) is 4.82. The molecule has 0 bridgehead atoms. The van der Waals surface area contributed by atoms with Gasteiger partial charge in [0.15, 0.2) is 0 Å². The van der Waals surface area contributed by atoms with Crippen LogP contribution < -0.4 is 11.1 Å². The summed E-state index contributed by atoms with van der Waals surface area (Å²) in [6, 6.07) is -1.00. The van der Waals surface area contributed by atoms with Crippen LogP contribution in [0.5, 0.6) is 0 Å². The van der Waals surface area contributed by atoms with Gasteiger partial charge in [-0.15, -0.1) is 0 Å². The molecule has 15 heavy (non-hydrogen) atoms. The Balaban J connectivity index is 3.77. The normalized spacial score (nSPS) is 15.9. The molecule has 0 fully saturated rings. The molecule has 2 atom stereocenters. The van der Waals surface area contributed by atoms with Crippen molar-refractivity contribution in [2.45, 2.75) is 51.4 Å². The Labute approximate surface area is 87.2 Å². The van der Waals surface area contributed by atoms with E-state index in [9.17, 15) is 18.0 Å². The summed E-state index contributed by atoms with van der Waals surface area (Å²) < 4.78 is 35.7. The molecule has 0 heterocycles. The van der Waals surface area contributed by atoms with Gasteiger partial charge in [0.25, 0.3) is 0 Å². The van der Waals surface area contributed by atoms with Crippen molar-refractivity contribution in [2.75, 3.05) is 0 Å². The monoisotopic (exact) mass is 226 g/mol. The third-order valence-electron chi connectivity index (χ3n) is 1.77. The highest BCUT2D eigenvalue weighted by molar-refractivity contribution is 5.76. The van der Waals surface area contributed by atoms with Crippen LogP contribution in [0, 0.1) is 0 Å². The van der Waals surface area contributed by atoms with Gasteiger partial charge < -0.3 is 11.1 Å². The van der Waals surface area contributed by atoms with Crippen molar-refractivity contribution in [1.29, 1.82) is 0 Å². The third-order valence-corrected chi connectivity index (χ3v) is 1.77. The topological polar surface area (TPSA) is 55.1 Å². The van der Waals surface area contributed by atoms with Crippen LogP contribution >= 0.6 is 0 Å². The fraction of sp³-hybridized carbons (Fsp3) is 0.889. The Morgan fingerprint density at radius 1 is 1.40 bits per heavy atom. The summed E-state index contributed by atoms with van der Waals surface area (Å²) in [6.45, 7) is 3.07. The van der Waals surface area contributed by atoms with Crippen LogP contribution in [-0.2, 0) is 4.79 Å². The average Bonchev–Trinajstić information content (AvgIpc) is 1.96. The maximum absolute atomic E-state index is 11.9. The van der Waals surface area contributed by atoms with E-state index in [2.05, 4.69) is 5.32 Å². The minimum absolute atomic E-state index is 0.117. The zero-order valence-corrected chi connectivity index (χ0v) is 8.90. The lowest BCUT2D eigenvalue weighted by Crippen LogP contribution is -2.36. The molecule has 0 radical (unpaired) electrons. The van der Waals surface area contributed by atoms with Crippen LogP contribution in [0.4, 0.5) is 13.2 Å². The highest BCUT2D eigenvalue weighted by atomic mass is 19.4. The van der Waals surface area contributed by atoms with E-state index in [1.54, 1.807) is 6.92 Å². The molecule has 3 N–H and O–H groups in total. The molecule has 0 aromatic heterocycles. The van der Waals surface area contributed by atoms with E-state index in [0.29, 0.717) is 6.42 Å². The van der Waals surface area contributed by atoms with Crippen molar-refractivity contribution in [3.05, 3.63) is 0 Å². The van der Waals surface area contributed by atoms with Crippen LogP contribution in [0.15, 0.2) is 0 Å². The number of hydrogen-bond donors (Lipinski definition) is 2. The average molecular weight is 226 g/mol. The van der Waals surface area contributed by atoms with E-state index in [1.807, 2.05) is 0 Å². The summed E-state index contributed by atoms with van der Waals surface area (Å²) in [6.07, 6.45) is -4.60. The molecule has 6 heteroatoms. The molecule has 0 aliphatic rings. The van der Waals surface area contributed by atoms with Crippen LogP contribution in [0.3, 0.4) is 0 Å². The Kier molecular flexibility index (Phi) is 5.64.